The molecule has 2 aromatic rings. The lowest BCUT2D eigenvalue weighted by Crippen LogP contribution is -2.42. The van der Waals surface area contributed by atoms with Crippen LogP contribution in [0.1, 0.15) is 12.6 Å². The first-order valence-electron chi connectivity index (χ1n) is 6.64. The van der Waals surface area contributed by atoms with E-state index in [2.05, 4.69) is 20.3 Å². The summed E-state index contributed by atoms with van der Waals surface area (Å²) in [4.78, 5) is 11.8. The van der Waals surface area contributed by atoms with Gasteiger partial charge in [-0.05, 0) is 11.2 Å². The van der Waals surface area contributed by atoms with E-state index < -0.39 is 12.2 Å². The number of rotatable bonds is 4. The first kappa shape index (κ1) is 14.5. The minimum atomic E-state index is -0.674. The molecule has 0 saturated carbocycles. The summed E-state index contributed by atoms with van der Waals surface area (Å²) in [5, 5.41) is 23.0. The molecule has 9 heteroatoms. The van der Waals surface area contributed by atoms with E-state index in [1.807, 2.05) is 10.8 Å². The van der Waals surface area contributed by atoms with Crippen LogP contribution >= 0.6 is 11.8 Å². The second-order valence-electron chi connectivity index (χ2n) is 4.81. The van der Waals surface area contributed by atoms with Crippen molar-refractivity contribution in [3.8, 4) is 0 Å². The lowest BCUT2D eigenvalue weighted by atomic mass is 10.2. The molecule has 0 amide bonds. The molecule has 1 aliphatic rings. The van der Waals surface area contributed by atoms with Crippen LogP contribution in [0.4, 0.5) is 5.95 Å². The second-order valence-corrected chi connectivity index (χ2v) is 5.60. The molecular formula is C12H18N5O3S+. The normalized spacial score (nSPS) is 25.6. The predicted octanol–water partition coefficient (Wildman–Crippen LogP) is -0.350. The molecule has 3 heterocycles. The zero-order chi connectivity index (χ0) is 15.0. The number of imidazole rings is 1. The maximum absolute atomic E-state index is 9.88. The number of hydrogen-bond acceptors (Lipinski definition) is 7. The molecule has 1 aliphatic heterocycles. The van der Waals surface area contributed by atoms with Gasteiger partial charge < -0.3 is 25.3 Å². The first-order chi connectivity index (χ1) is 10.2. The number of anilines is 1. The number of aliphatic hydroxyl groups is 2. The Morgan fingerprint density at radius 3 is 3.05 bits per heavy atom. The fourth-order valence-corrected chi connectivity index (χ4v) is 3.21. The molecule has 0 spiro atoms. The van der Waals surface area contributed by atoms with Gasteiger partial charge in [0.15, 0.2) is 10.5 Å². The molecule has 1 fully saturated rings. The number of hydrogen-bond donors (Lipinski definition) is 4. The number of H-pyrrole nitrogens is 1. The van der Waals surface area contributed by atoms with Gasteiger partial charge in [-0.2, -0.15) is 9.55 Å². The Balaban J connectivity index is 2.02. The van der Waals surface area contributed by atoms with Crippen molar-refractivity contribution in [2.24, 2.45) is 0 Å². The topological polar surface area (TPSA) is 107 Å². The van der Waals surface area contributed by atoms with Gasteiger partial charge in [-0.3, -0.25) is 0 Å². The van der Waals surface area contributed by atoms with Crippen molar-refractivity contribution in [3.63, 3.8) is 0 Å². The number of thioether (sulfide) groups is 1. The lowest BCUT2D eigenvalue weighted by molar-refractivity contribution is -0.791. The average Bonchev–Trinajstić information content (AvgIpc) is 3.08. The summed E-state index contributed by atoms with van der Waals surface area (Å²) in [6.45, 7) is -0.198. The van der Waals surface area contributed by atoms with Crippen LogP contribution in [0.5, 0.6) is 0 Å². The SMILES string of the molecule is CNc1nc2nc[n+](C3C[C@H](O)[C@@H](CO)O3)c(SC)c2[nH]1. The van der Waals surface area contributed by atoms with Crippen LogP contribution in [0.2, 0.25) is 0 Å². The van der Waals surface area contributed by atoms with Crippen molar-refractivity contribution in [2.75, 3.05) is 25.2 Å². The molecule has 0 bridgehead atoms. The Labute approximate surface area is 125 Å². The number of ether oxygens (including phenoxy) is 1. The van der Waals surface area contributed by atoms with Crippen molar-refractivity contribution in [1.82, 2.24) is 15.0 Å². The van der Waals surface area contributed by atoms with E-state index in [1.54, 1.807) is 25.1 Å². The third-order valence-electron chi connectivity index (χ3n) is 3.56. The minimum absolute atomic E-state index is 0.198. The van der Waals surface area contributed by atoms with Gasteiger partial charge in [0.2, 0.25) is 12.2 Å². The van der Waals surface area contributed by atoms with E-state index in [0.717, 1.165) is 10.5 Å². The van der Waals surface area contributed by atoms with Gasteiger partial charge in [0.1, 0.15) is 6.10 Å². The molecule has 114 valence electrons. The predicted molar refractivity (Wildman–Crippen MR) is 77.0 cm³/mol. The monoisotopic (exact) mass is 312 g/mol. The number of aromatic nitrogens is 4. The molecular weight excluding hydrogens is 294 g/mol. The van der Waals surface area contributed by atoms with Gasteiger partial charge in [0.25, 0.3) is 12.0 Å². The fourth-order valence-electron chi connectivity index (χ4n) is 2.49. The Hall–Kier alpha value is -1.42. The van der Waals surface area contributed by atoms with Crippen LogP contribution in [0.15, 0.2) is 11.4 Å². The van der Waals surface area contributed by atoms with Crippen molar-refractivity contribution in [2.45, 2.75) is 29.9 Å². The van der Waals surface area contributed by atoms with E-state index in [4.69, 9.17) is 4.74 Å². The van der Waals surface area contributed by atoms with Gasteiger partial charge in [-0.15, -0.1) is 0 Å². The number of aliphatic hydroxyl groups excluding tert-OH is 2. The summed E-state index contributed by atoms with van der Waals surface area (Å²) in [5.41, 5.74) is 1.44. The number of nitrogens with zero attached hydrogens (tertiary/aromatic N) is 3. The molecule has 3 atom stereocenters. The van der Waals surface area contributed by atoms with Gasteiger partial charge in [0, 0.05) is 13.5 Å². The summed E-state index contributed by atoms with van der Waals surface area (Å²) in [5.74, 6) is 0.645. The highest BCUT2D eigenvalue weighted by Gasteiger charge is 2.38. The second kappa shape index (κ2) is 5.76. The Bertz CT molecular complexity index is 649. The molecule has 1 unspecified atom stereocenters. The van der Waals surface area contributed by atoms with Crippen molar-refractivity contribution in [3.05, 3.63) is 6.33 Å². The fraction of sp³-hybridized carbons (Fsp3) is 0.583. The van der Waals surface area contributed by atoms with Crippen LogP contribution in [-0.2, 0) is 4.74 Å². The van der Waals surface area contributed by atoms with Crippen LogP contribution < -0.4 is 9.88 Å². The summed E-state index contributed by atoms with van der Waals surface area (Å²) < 4.78 is 7.56. The molecule has 1 saturated heterocycles. The summed E-state index contributed by atoms with van der Waals surface area (Å²) >= 11 is 1.55. The summed E-state index contributed by atoms with van der Waals surface area (Å²) in [6, 6.07) is 0. The molecule has 21 heavy (non-hydrogen) atoms. The largest absolute Gasteiger partial charge is 0.394 e. The van der Waals surface area contributed by atoms with Crippen molar-refractivity contribution in [1.29, 1.82) is 0 Å². The van der Waals surface area contributed by atoms with E-state index in [0.29, 0.717) is 18.0 Å². The average molecular weight is 312 g/mol. The summed E-state index contributed by atoms with van der Waals surface area (Å²) in [7, 11) is 1.78. The smallest absolute Gasteiger partial charge is 0.298 e. The number of fused-ring (bicyclic) bond motifs is 1. The Morgan fingerprint density at radius 1 is 1.62 bits per heavy atom. The van der Waals surface area contributed by atoms with E-state index in [-0.39, 0.29) is 12.8 Å². The van der Waals surface area contributed by atoms with Gasteiger partial charge in [0.05, 0.1) is 12.7 Å². The van der Waals surface area contributed by atoms with Crippen LogP contribution in [0.3, 0.4) is 0 Å². The van der Waals surface area contributed by atoms with Gasteiger partial charge in [-0.1, -0.05) is 11.8 Å². The Kier molecular flexibility index (Phi) is 3.98. The van der Waals surface area contributed by atoms with Crippen molar-refractivity contribution >= 4 is 28.9 Å². The summed E-state index contributed by atoms with van der Waals surface area (Å²) in [6.07, 6.45) is 2.46. The van der Waals surface area contributed by atoms with Gasteiger partial charge >= 0.3 is 0 Å². The first-order valence-corrected chi connectivity index (χ1v) is 7.86. The van der Waals surface area contributed by atoms with Gasteiger partial charge in [-0.25, -0.2) is 0 Å². The lowest BCUT2D eigenvalue weighted by Gasteiger charge is -2.12. The zero-order valence-corrected chi connectivity index (χ0v) is 12.6. The highest BCUT2D eigenvalue weighted by molar-refractivity contribution is 7.98. The zero-order valence-electron chi connectivity index (χ0n) is 11.8. The molecule has 0 aliphatic carbocycles. The standard InChI is InChI=1S/C12H17N5O3S/c1-13-12-15-9-10(16-12)14-5-17(11(9)21-2)8-3-6(19)7(4-18)20-8/h5-8,18-19H,3-4H2,1-2H3,(H,13,15)/p+1/t6-,7+,8?/m0/s1. The molecule has 2 aromatic heterocycles. The van der Waals surface area contributed by atoms with E-state index >= 15 is 0 Å². The number of nitrogens with one attached hydrogen (secondary N) is 2. The molecule has 8 nitrogen and oxygen atoms in total. The highest BCUT2D eigenvalue weighted by Crippen LogP contribution is 2.28. The minimum Gasteiger partial charge on any atom is -0.394 e. The van der Waals surface area contributed by atoms with Crippen LogP contribution in [0.25, 0.3) is 11.2 Å². The van der Waals surface area contributed by atoms with Crippen molar-refractivity contribution < 1.29 is 19.5 Å². The van der Waals surface area contributed by atoms with Crippen LogP contribution in [0, 0.1) is 0 Å². The maximum atomic E-state index is 9.88. The molecule has 4 N–H and O–H groups in total. The van der Waals surface area contributed by atoms with E-state index in [1.165, 1.54) is 0 Å². The highest BCUT2D eigenvalue weighted by atomic mass is 32.2. The van der Waals surface area contributed by atoms with E-state index in [9.17, 15) is 10.2 Å². The quantitative estimate of drug-likeness (QED) is 0.347. The maximum Gasteiger partial charge on any atom is 0.298 e. The number of aromatic amines is 1. The Morgan fingerprint density at radius 2 is 2.43 bits per heavy atom. The molecule has 3 rings (SSSR count). The third kappa shape index (κ3) is 2.46. The molecule has 0 radical (unpaired) electrons. The third-order valence-corrected chi connectivity index (χ3v) is 4.36. The molecule has 0 aromatic carbocycles. The van der Waals surface area contributed by atoms with Crippen LogP contribution in [-0.4, -0.2) is 57.3 Å².